The number of hydrogen-bond acceptors (Lipinski definition) is 2. The van der Waals surface area contributed by atoms with Crippen molar-refractivity contribution in [3.05, 3.63) is 6.92 Å². The summed E-state index contributed by atoms with van der Waals surface area (Å²) in [5.74, 6) is 0.448. The number of carbonyl (C=O) groups is 1. The number of nitrogens with two attached hydrogens (primary N) is 1. The first-order valence-corrected chi connectivity index (χ1v) is 4.21. The van der Waals surface area contributed by atoms with Gasteiger partial charge in [-0.2, -0.15) is 0 Å². The van der Waals surface area contributed by atoms with Gasteiger partial charge in [-0.15, -0.1) is 0 Å². The molecule has 0 aromatic heterocycles. The molecule has 2 heteroatoms. The molecule has 0 aromatic carbocycles. The third kappa shape index (κ3) is 3.51. The van der Waals surface area contributed by atoms with Crippen LogP contribution in [0.3, 0.4) is 0 Å². The minimum atomic E-state index is -0.276. The highest BCUT2D eigenvalue weighted by atomic mass is 16.1. The van der Waals surface area contributed by atoms with Crippen LogP contribution in [0.1, 0.15) is 33.1 Å². The molecule has 0 heterocycles. The van der Waals surface area contributed by atoms with E-state index in [9.17, 15) is 4.79 Å². The lowest BCUT2D eigenvalue weighted by Gasteiger charge is -2.16. The zero-order valence-corrected chi connectivity index (χ0v) is 7.47. The fourth-order valence-electron chi connectivity index (χ4n) is 0.912. The Morgan fingerprint density at radius 3 is 2.55 bits per heavy atom. The van der Waals surface area contributed by atoms with Crippen molar-refractivity contribution in [3.63, 3.8) is 0 Å². The Kier molecular flexibility index (Phi) is 5.12. The van der Waals surface area contributed by atoms with Crippen LogP contribution in [0.4, 0.5) is 0 Å². The van der Waals surface area contributed by atoms with Gasteiger partial charge in [0.1, 0.15) is 5.78 Å². The number of Topliss-reactive ketones (excluding diaryl/α,β-unsaturated/α-hetero) is 1. The van der Waals surface area contributed by atoms with E-state index in [1.807, 2.05) is 13.8 Å². The topological polar surface area (TPSA) is 43.1 Å². The van der Waals surface area contributed by atoms with Gasteiger partial charge in [-0.3, -0.25) is 4.79 Å². The minimum absolute atomic E-state index is 0.148. The van der Waals surface area contributed by atoms with Gasteiger partial charge >= 0.3 is 0 Å². The SMILES string of the molecule is [CH2]CCC(=O)[C@H](N)[C@H](C)CC. The fraction of sp³-hybridized carbons (Fsp3) is 0.778. The normalized spacial score (nSPS) is 16.0. The number of hydrogen-bond donors (Lipinski definition) is 1. The molecule has 0 rings (SSSR count). The van der Waals surface area contributed by atoms with Gasteiger partial charge in [0.15, 0.2) is 0 Å². The molecule has 65 valence electrons. The van der Waals surface area contributed by atoms with Crippen molar-refractivity contribution in [2.45, 2.75) is 39.2 Å². The third-order valence-corrected chi connectivity index (χ3v) is 2.05. The van der Waals surface area contributed by atoms with Gasteiger partial charge in [0.25, 0.3) is 0 Å². The summed E-state index contributed by atoms with van der Waals surface area (Å²) in [7, 11) is 0. The van der Waals surface area contributed by atoms with Crippen LogP contribution in [0, 0.1) is 12.8 Å². The number of carbonyl (C=O) groups excluding carboxylic acids is 1. The van der Waals surface area contributed by atoms with E-state index in [0.29, 0.717) is 18.8 Å². The smallest absolute Gasteiger partial charge is 0.149 e. The molecule has 0 fully saturated rings. The van der Waals surface area contributed by atoms with Crippen molar-refractivity contribution in [2.75, 3.05) is 0 Å². The molecule has 1 radical (unpaired) electrons. The zero-order chi connectivity index (χ0) is 8.85. The molecule has 0 unspecified atom stereocenters. The summed E-state index contributed by atoms with van der Waals surface area (Å²) in [5.41, 5.74) is 5.68. The molecule has 0 aliphatic heterocycles. The van der Waals surface area contributed by atoms with Gasteiger partial charge in [0.05, 0.1) is 6.04 Å². The van der Waals surface area contributed by atoms with Crippen molar-refractivity contribution in [1.29, 1.82) is 0 Å². The van der Waals surface area contributed by atoms with Gasteiger partial charge in [0, 0.05) is 6.42 Å². The summed E-state index contributed by atoms with van der Waals surface area (Å²) in [6.07, 6.45) is 2.14. The summed E-state index contributed by atoms with van der Waals surface area (Å²) in [6.45, 7) is 7.67. The Labute approximate surface area is 69.2 Å². The minimum Gasteiger partial charge on any atom is -0.321 e. The van der Waals surface area contributed by atoms with E-state index in [1.54, 1.807) is 0 Å². The van der Waals surface area contributed by atoms with Crippen LogP contribution in [0.2, 0.25) is 0 Å². The summed E-state index contributed by atoms with van der Waals surface area (Å²) < 4.78 is 0. The van der Waals surface area contributed by atoms with Gasteiger partial charge in [-0.05, 0) is 12.3 Å². The van der Waals surface area contributed by atoms with E-state index in [-0.39, 0.29) is 11.8 Å². The molecule has 0 bridgehead atoms. The number of ketones is 1. The predicted molar refractivity (Wildman–Crippen MR) is 47.0 cm³/mol. The van der Waals surface area contributed by atoms with Crippen LogP contribution in [0.15, 0.2) is 0 Å². The predicted octanol–water partition coefficient (Wildman–Crippen LogP) is 1.54. The maximum Gasteiger partial charge on any atom is 0.149 e. The molecule has 2 nitrogen and oxygen atoms in total. The first-order chi connectivity index (χ1) is 5.13. The van der Waals surface area contributed by atoms with Crippen LogP contribution in [0.5, 0.6) is 0 Å². The Bertz CT molecular complexity index is 123. The van der Waals surface area contributed by atoms with Crippen molar-refractivity contribution in [2.24, 2.45) is 11.7 Å². The third-order valence-electron chi connectivity index (χ3n) is 2.05. The average Bonchev–Trinajstić information content (AvgIpc) is 2.02. The lowest BCUT2D eigenvalue weighted by Crippen LogP contribution is -2.36. The second-order valence-electron chi connectivity index (χ2n) is 2.98. The molecule has 0 spiro atoms. The molecular formula is C9H18NO. The van der Waals surface area contributed by atoms with Crippen LogP contribution < -0.4 is 5.73 Å². The second-order valence-corrected chi connectivity index (χ2v) is 2.98. The Balaban J connectivity index is 3.80. The van der Waals surface area contributed by atoms with E-state index in [2.05, 4.69) is 6.92 Å². The largest absolute Gasteiger partial charge is 0.321 e. The molecule has 2 atom stereocenters. The summed E-state index contributed by atoms with van der Waals surface area (Å²) in [4.78, 5) is 11.2. The molecule has 0 saturated heterocycles. The molecular weight excluding hydrogens is 138 g/mol. The molecule has 0 saturated carbocycles. The van der Waals surface area contributed by atoms with Crippen LogP contribution in [-0.4, -0.2) is 11.8 Å². The van der Waals surface area contributed by atoms with E-state index >= 15 is 0 Å². The Morgan fingerprint density at radius 2 is 2.18 bits per heavy atom. The van der Waals surface area contributed by atoms with Crippen molar-refractivity contribution < 1.29 is 4.79 Å². The highest BCUT2D eigenvalue weighted by molar-refractivity contribution is 5.84. The van der Waals surface area contributed by atoms with Crippen LogP contribution in [-0.2, 0) is 4.79 Å². The fourth-order valence-corrected chi connectivity index (χ4v) is 0.912. The molecule has 0 amide bonds. The highest BCUT2D eigenvalue weighted by Gasteiger charge is 2.17. The standard InChI is InChI=1S/C9H18NO/c1-4-6-8(11)9(10)7(3)5-2/h7,9H,1,4-6,10H2,2-3H3/t7-,9-/m1/s1. The van der Waals surface area contributed by atoms with E-state index < -0.39 is 0 Å². The number of rotatable bonds is 5. The summed E-state index contributed by atoms with van der Waals surface area (Å²) in [6, 6.07) is -0.276. The molecule has 2 N–H and O–H groups in total. The first kappa shape index (κ1) is 10.6. The summed E-state index contributed by atoms with van der Waals surface area (Å²) in [5, 5.41) is 0. The lowest BCUT2D eigenvalue weighted by atomic mass is 9.94. The maximum absolute atomic E-state index is 11.2. The molecule has 11 heavy (non-hydrogen) atoms. The van der Waals surface area contributed by atoms with Gasteiger partial charge < -0.3 is 5.73 Å². The monoisotopic (exact) mass is 156 g/mol. The lowest BCUT2D eigenvalue weighted by molar-refractivity contribution is -0.121. The maximum atomic E-state index is 11.2. The van der Waals surface area contributed by atoms with Gasteiger partial charge in [0.2, 0.25) is 0 Å². The Hall–Kier alpha value is -0.370. The van der Waals surface area contributed by atoms with Crippen LogP contribution in [0.25, 0.3) is 0 Å². The second kappa shape index (κ2) is 5.30. The van der Waals surface area contributed by atoms with Crippen LogP contribution >= 0.6 is 0 Å². The van der Waals surface area contributed by atoms with Crippen molar-refractivity contribution >= 4 is 5.78 Å². The highest BCUT2D eigenvalue weighted by Crippen LogP contribution is 2.08. The summed E-state index contributed by atoms with van der Waals surface area (Å²) >= 11 is 0. The molecule has 0 aliphatic carbocycles. The van der Waals surface area contributed by atoms with Crippen molar-refractivity contribution in [3.8, 4) is 0 Å². The van der Waals surface area contributed by atoms with E-state index in [0.717, 1.165) is 6.42 Å². The zero-order valence-electron chi connectivity index (χ0n) is 7.47. The molecule has 0 aromatic rings. The van der Waals surface area contributed by atoms with Gasteiger partial charge in [-0.1, -0.05) is 27.2 Å². The first-order valence-electron chi connectivity index (χ1n) is 4.21. The average molecular weight is 156 g/mol. The van der Waals surface area contributed by atoms with E-state index in [1.165, 1.54) is 0 Å². The molecule has 0 aliphatic rings. The van der Waals surface area contributed by atoms with E-state index in [4.69, 9.17) is 5.73 Å². The Morgan fingerprint density at radius 1 is 1.64 bits per heavy atom. The van der Waals surface area contributed by atoms with Gasteiger partial charge in [-0.25, -0.2) is 0 Å². The quantitative estimate of drug-likeness (QED) is 0.656. The van der Waals surface area contributed by atoms with Crippen molar-refractivity contribution in [1.82, 2.24) is 0 Å².